The number of fused-ring (bicyclic) bond motifs is 5. The van der Waals surface area contributed by atoms with Crippen molar-refractivity contribution in [3.05, 3.63) is 204 Å². The van der Waals surface area contributed by atoms with Crippen molar-refractivity contribution in [3.8, 4) is 0 Å². The third-order valence-corrected chi connectivity index (χ3v) is 14.1. The number of benzene rings is 10. The van der Waals surface area contributed by atoms with Gasteiger partial charge in [0.1, 0.15) is 5.60 Å². The summed E-state index contributed by atoms with van der Waals surface area (Å²) in [4.78, 5) is 14.0. The number of primary sulfonamides is 2. The zero-order valence-corrected chi connectivity index (χ0v) is 53.0. The molecule has 10 aromatic rings. The van der Waals surface area contributed by atoms with Crippen molar-refractivity contribution in [1.29, 1.82) is 0 Å². The Labute approximate surface area is 513 Å². The molecule has 0 saturated carbocycles. The molecule has 460 valence electrons. The van der Waals surface area contributed by atoms with Crippen LogP contribution in [0.15, 0.2) is 192 Å². The molecule has 1 amide bonds. The Hall–Kier alpha value is -8.86. The number of hydrogen-bond donors (Lipinski definition) is 5. The molecule has 0 fully saturated rings. The molecule has 27 heteroatoms. The Morgan fingerprint density at radius 2 is 0.839 bits per heavy atom. The zero-order valence-electron chi connectivity index (χ0n) is 48.1. The lowest BCUT2D eigenvalue weighted by molar-refractivity contribution is 0.0636. The minimum Gasteiger partial charge on any atom is -0.444 e. The molecule has 0 atom stereocenters. The van der Waals surface area contributed by atoms with E-state index in [1.54, 1.807) is 36.4 Å². The number of amides is 1. The van der Waals surface area contributed by atoms with Gasteiger partial charge in [-0.25, -0.2) is 31.9 Å². The van der Waals surface area contributed by atoms with Gasteiger partial charge in [0.25, 0.3) is 0 Å². The first-order valence-electron chi connectivity index (χ1n) is 25.2. The van der Waals surface area contributed by atoms with Gasteiger partial charge in [-0.2, -0.15) is 0 Å². The van der Waals surface area contributed by atoms with E-state index >= 15 is 0 Å². The molecule has 0 bridgehead atoms. The van der Waals surface area contributed by atoms with Crippen LogP contribution in [0.1, 0.15) is 37.5 Å². The SMILES string of the molecule is CC(C)(C)OC(=O)Nc1cccc2ccccc12.Cc1ccc(Cl)c2ccc(S(N)(=O)=O)cc12.Cc1ccc(N(C)C)c2ccc(S(N)(=O)=O)cc12.Cc1ccc(N)c2ccccc12.Nc1cccc2ccccc12.O=S(=O)=O.O=S(=O)=O.O=S(=O)=O. The molecule has 21 nitrogen and oxygen atoms in total. The fraction of sp³-hybridized carbons (Fsp3) is 0.150. The van der Waals surface area contributed by atoms with Crippen LogP contribution in [0.3, 0.4) is 0 Å². The highest BCUT2D eigenvalue weighted by Crippen LogP contribution is 2.31. The van der Waals surface area contributed by atoms with Gasteiger partial charge in [-0.05, 0) is 140 Å². The van der Waals surface area contributed by atoms with E-state index in [1.807, 2.05) is 163 Å². The van der Waals surface area contributed by atoms with Crippen LogP contribution in [0.2, 0.25) is 5.02 Å². The van der Waals surface area contributed by atoms with Crippen LogP contribution in [0, 0.1) is 20.8 Å². The minimum atomic E-state index is -3.67. The van der Waals surface area contributed by atoms with E-state index in [2.05, 4.69) is 42.6 Å². The first-order chi connectivity index (χ1) is 40.5. The molecule has 10 rings (SSSR count). The molecule has 9 N–H and O–H groups in total. The number of carbonyl (C=O) groups excluding carboxylic acids is 1. The van der Waals surface area contributed by atoms with Crippen LogP contribution in [-0.4, -0.2) is 80.5 Å². The van der Waals surface area contributed by atoms with E-state index < -0.39 is 63.6 Å². The number of ether oxygens (including phenoxy) is 1. The van der Waals surface area contributed by atoms with Crippen LogP contribution in [0.4, 0.5) is 27.5 Å². The summed E-state index contributed by atoms with van der Waals surface area (Å²) in [6.07, 6.45) is -0.432. The highest BCUT2D eigenvalue weighted by atomic mass is 35.5. The average Bonchev–Trinajstić information content (AvgIpc) is 1.79. The lowest BCUT2D eigenvalue weighted by Crippen LogP contribution is -2.27. The molecule has 0 aliphatic carbocycles. The zero-order chi connectivity index (χ0) is 65.6. The standard InChI is InChI=1S/C15H17NO2.C13H16N2O2S.C11H10ClNO2S.C11H11N.C10H9N.3O3S/c1-15(2,3)18-14(17)16-13-10-6-8-11-7-4-5-9-12(11)13;1-9-4-7-13(15(2)3)11-6-5-10(8-12(9)11)18(14,16)17;1-7-2-5-11(12)9-4-3-8(6-10(7)9)16(13,14)15;1-8-6-7-11(12)10-5-3-2-4-9(8)10;11-10-7-3-5-8-4-1-2-6-9(8)10;3*1-4(2)3/h4-10H,1-3H3,(H,16,17);4-8H,1-3H3,(H2,14,16,17);2-6H,1H3,(H2,13,14,15);2-7H,12H2,1H3;1-7H,11H2;;;. The average molecular weight is 1300 g/mol. The van der Waals surface area contributed by atoms with Gasteiger partial charge in [0.15, 0.2) is 0 Å². The summed E-state index contributed by atoms with van der Waals surface area (Å²) in [6, 6.07) is 57.3. The summed E-state index contributed by atoms with van der Waals surface area (Å²) < 4.78 is 126. The lowest BCUT2D eigenvalue weighted by Gasteiger charge is -2.20. The van der Waals surface area contributed by atoms with E-state index in [4.69, 9.17) is 76.0 Å². The Morgan fingerprint density at radius 3 is 1.31 bits per heavy atom. The van der Waals surface area contributed by atoms with Gasteiger partial charge in [-0.3, -0.25) is 5.32 Å². The molecular formula is C60H63ClN6O15S5. The summed E-state index contributed by atoms with van der Waals surface area (Å²) >= 11 is 6.01. The molecule has 0 heterocycles. The third kappa shape index (κ3) is 24.2. The minimum absolute atomic E-state index is 0.102. The van der Waals surface area contributed by atoms with Crippen molar-refractivity contribution >= 4 is 146 Å². The summed E-state index contributed by atoms with van der Waals surface area (Å²) in [5.74, 6) is 0. The summed E-state index contributed by atoms with van der Waals surface area (Å²) in [5, 5.41) is 24.0. The third-order valence-electron chi connectivity index (χ3n) is 11.9. The van der Waals surface area contributed by atoms with E-state index in [-0.39, 0.29) is 9.79 Å². The molecule has 0 aliphatic rings. The molecule has 87 heavy (non-hydrogen) atoms. The Balaban J connectivity index is 0.000000274. The maximum Gasteiger partial charge on any atom is 0.425 e. The second-order valence-corrected chi connectivity index (χ2v) is 24.3. The van der Waals surface area contributed by atoms with E-state index in [9.17, 15) is 21.6 Å². The summed E-state index contributed by atoms with van der Waals surface area (Å²) in [6.45, 7) is 11.5. The Kier molecular flexibility index (Phi) is 27.6. The van der Waals surface area contributed by atoms with Crippen LogP contribution < -0.4 is 32.0 Å². The molecule has 0 aliphatic heterocycles. The van der Waals surface area contributed by atoms with Crippen LogP contribution >= 0.6 is 11.6 Å². The normalized spacial score (nSPS) is 10.5. The molecule has 0 radical (unpaired) electrons. The number of aryl methyl sites for hydroxylation is 3. The van der Waals surface area contributed by atoms with Gasteiger partial charge >= 0.3 is 37.9 Å². The second kappa shape index (κ2) is 33.2. The quantitative estimate of drug-likeness (QED) is 0.102. The molecular weight excluding hydrogens is 1240 g/mol. The fourth-order valence-corrected chi connectivity index (χ4v) is 9.41. The Bertz CT molecular complexity index is 4550. The molecule has 10 aromatic carbocycles. The van der Waals surface area contributed by atoms with Crippen molar-refractivity contribution < 1.29 is 64.2 Å². The number of carbonyl (C=O) groups is 1. The van der Waals surface area contributed by atoms with Crippen LogP contribution in [0.5, 0.6) is 0 Å². The highest BCUT2D eigenvalue weighted by Gasteiger charge is 2.17. The number of halogens is 1. The van der Waals surface area contributed by atoms with Crippen molar-refractivity contribution in [2.75, 3.05) is 35.8 Å². The maximum atomic E-state index is 11.7. The number of nitrogen functional groups attached to an aromatic ring is 2. The number of nitrogens with zero attached hydrogens (tertiary/aromatic N) is 1. The van der Waals surface area contributed by atoms with Crippen LogP contribution in [-0.2, 0) is 56.6 Å². The van der Waals surface area contributed by atoms with Crippen molar-refractivity contribution in [1.82, 2.24) is 0 Å². The monoisotopic (exact) mass is 1300 g/mol. The highest BCUT2D eigenvalue weighted by molar-refractivity contribution is 7.89. The van der Waals surface area contributed by atoms with Crippen molar-refractivity contribution in [2.24, 2.45) is 10.3 Å². The number of rotatable bonds is 4. The van der Waals surface area contributed by atoms with Gasteiger partial charge in [0.05, 0.1) is 15.5 Å². The van der Waals surface area contributed by atoms with Gasteiger partial charge in [-0.15, -0.1) is 37.9 Å². The van der Waals surface area contributed by atoms with Crippen LogP contribution in [0.25, 0.3) is 53.9 Å². The van der Waals surface area contributed by atoms with Gasteiger partial charge in [-0.1, -0.05) is 139 Å². The number of nitrogens with two attached hydrogens (primary N) is 4. The van der Waals surface area contributed by atoms with E-state index in [1.165, 1.54) is 22.4 Å². The van der Waals surface area contributed by atoms with Crippen molar-refractivity contribution in [2.45, 2.75) is 56.9 Å². The summed E-state index contributed by atoms with van der Waals surface area (Å²) in [5.41, 5.74) is 17.9. The van der Waals surface area contributed by atoms with Crippen molar-refractivity contribution in [3.63, 3.8) is 0 Å². The fourth-order valence-electron chi connectivity index (χ4n) is 8.11. The first kappa shape index (κ1) is 72.4. The predicted molar refractivity (Wildman–Crippen MR) is 344 cm³/mol. The molecule has 0 unspecified atom stereocenters. The lowest BCUT2D eigenvalue weighted by atomic mass is 10.0. The predicted octanol–water partition coefficient (Wildman–Crippen LogP) is 10.6. The number of hydrogen-bond acceptors (Lipinski definition) is 18. The van der Waals surface area contributed by atoms with E-state index in [0.717, 1.165) is 77.0 Å². The number of nitrogens with one attached hydrogen (secondary N) is 1. The molecule has 0 aromatic heterocycles. The largest absolute Gasteiger partial charge is 0.444 e. The topological polar surface area (TPSA) is 368 Å². The van der Waals surface area contributed by atoms with Gasteiger partial charge in [0, 0.05) is 63.1 Å². The number of anilines is 4. The van der Waals surface area contributed by atoms with Gasteiger partial charge in [0.2, 0.25) is 20.0 Å². The second-order valence-electron chi connectivity index (χ2n) is 19.5. The van der Waals surface area contributed by atoms with Gasteiger partial charge < -0.3 is 21.1 Å². The smallest absolute Gasteiger partial charge is 0.425 e. The number of sulfonamides is 2. The molecule has 0 spiro atoms. The summed E-state index contributed by atoms with van der Waals surface area (Å²) in [7, 11) is -12.7. The molecule has 0 saturated heterocycles. The maximum absolute atomic E-state index is 11.7. The van der Waals surface area contributed by atoms with E-state index in [0.29, 0.717) is 5.02 Å². The Morgan fingerprint density at radius 1 is 0.460 bits per heavy atom. The first-order valence-corrected chi connectivity index (χ1v) is 31.7.